The fourth-order valence-corrected chi connectivity index (χ4v) is 3.89. The van der Waals surface area contributed by atoms with E-state index in [1.165, 1.54) is 30.1 Å². The number of carbonyl (C=O) groups is 2. The second-order valence-corrected chi connectivity index (χ2v) is 9.18. The lowest BCUT2D eigenvalue weighted by molar-refractivity contribution is -0.151. The summed E-state index contributed by atoms with van der Waals surface area (Å²) in [6.07, 6.45) is 11.7. The summed E-state index contributed by atoms with van der Waals surface area (Å²) < 4.78 is 9.55. The first kappa shape index (κ1) is 26.2. The molecule has 0 radical (unpaired) electrons. The van der Waals surface area contributed by atoms with Crippen LogP contribution in [0.2, 0.25) is 0 Å². The summed E-state index contributed by atoms with van der Waals surface area (Å²) in [5, 5.41) is 28.7. The first-order valence-electron chi connectivity index (χ1n) is 11.0. The Hall–Kier alpha value is -3.06. The molecule has 33 heavy (non-hydrogen) atoms. The molecule has 0 saturated carbocycles. The number of carbonyl (C=O) groups excluding carboxylic acids is 2. The SMILES string of the molecule is CC1=C(/C=C/C(C)=C/C=C/C(C)=C\C(=O)OC[C@H](O)[C@H]2OC(=O)C(O)=C2O)C(C)(C)CCC1. The van der Waals surface area contributed by atoms with Gasteiger partial charge in [0.25, 0.3) is 0 Å². The Kier molecular flexibility index (Phi) is 8.88. The Bertz CT molecular complexity index is 957. The molecule has 0 spiro atoms. The van der Waals surface area contributed by atoms with Crippen LogP contribution < -0.4 is 0 Å². The predicted octanol–water partition coefficient (Wildman–Crippen LogP) is 4.68. The molecule has 0 aromatic heterocycles. The van der Waals surface area contributed by atoms with Crippen LogP contribution in [0.4, 0.5) is 0 Å². The number of hydrogen-bond donors (Lipinski definition) is 3. The van der Waals surface area contributed by atoms with Gasteiger partial charge in [-0.15, -0.1) is 0 Å². The monoisotopic (exact) mass is 458 g/mol. The molecule has 0 aromatic rings. The maximum Gasteiger partial charge on any atom is 0.377 e. The second-order valence-electron chi connectivity index (χ2n) is 9.18. The van der Waals surface area contributed by atoms with Gasteiger partial charge in [-0.2, -0.15) is 0 Å². The van der Waals surface area contributed by atoms with Gasteiger partial charge in [-0.25, -0.2) is 9.59 Å². The number of aliphatic hydroxyl groups excluding tert-OH is 3. The van der Waals surface area contributed by atoms with Gasteiger partial charge >= 0.3 is 11.9 Å². The molecular weight excluding hydrogens is 424 g/mol. The van der Waals surface area contributed by atoms with Gasteiger partial charge in [0.2, 0.25) is 5.76 Å². The van der Waals surface area contributed by atoms with Crippen molar-refractivity contribution < 1.29 is 34.4 Å². The number of allylic oxidation sites excluding steroid dienone is 9. The Morgan fingerprint density at radius 3 is 2.55 bits per heavy atom. The molecule has 1 heterocycles. The predicted molar refractivity (Wildman–Crippen MR) is 125 cm³/mol. The third-order valence-electron chi connectivity index (χ3n) is 5.80. The molecule has 0 unspecified atom stereocenters. The maximum atomic E-state index is 11.9. The van der Waals surface area contributed by atoms with Gasteiger partial charge in [0.1, 0.15) is 12.7 Å². The highest BCUT2D eigenvalue weighted by molar-refractivity contribution is 5.89. The van der Waals surface area contributed by atoms with E-state index >= 15 is 0 Å². The minimum absolute atomic E-state index is 0.192. The molecule has 0 fully saturated rings. The zero-order valence-corrected chi connectivity index (χ0v) is 19.9. The Morgan fingerprint density at radius 2 is 1.94 bits per heavy atom. The Morgan fingerprint density at radius 1 is 1.24 bits per heavy atom. The fourth-order valence-electron chi connectivity index (χ4n) is 3.89. The van der Waals surface area contributed by atoms with Gasteiger partial charge in [-0.05, 0) is 56.6 Å². The van der Waals surface area contributed by atoms with Crippen molar-refractivity contribution in [2.75, 3.05) is 6.61 Å². The highest BCUT2D eigenvalue weighted by Gasteiger charge is 2.39. The normalized spacial score (nSPS) is 23.0. The zero-order chi connectivity index (χ0) is 24.8. The van der Waals surface area contributed by atoms with Crippen LogP contribution in [0.25, 0.3) is 0 Å². The molecular formula is C26H34O7. The lowest BCUT2D eigenvalue weighted by Crippen LogP contribution is -2.33. The van der Waals surface area contributed by atoms with Crippen molar-refractivity contribution in [3.05, 3.63) is 70.3 Å². The highest BCUT2D eigenvalue weighted by Crippen LogP contribution is 2.40. The first-order valence-corrected chi connectivity index (χ1v) is 11.0. The van der Waals surface area contributed by atoms with Crippen molar-refractivity contribution >= 4 is 11.9 Å². The quantitative estimate of drug-likeness (QED) is 0.275. The number of hydrogen-bond acceptors (Lipinski definition) is 7. The number of ether oxygens (including phenoxy) is 2. The summed E-state index contributed by atoms with van der Waals surface area (Å²) in [6.45, 7) is 10.00. The standard InChI is InChI=1S/C26H34O7/c1-16(11-12-19-18(3)10-7-13-26(19,4)5)8-6-9-17(2)14-21(28)32-15-20(27)24-22(29)23(30)25(31)33-24/h6,8-9,11-12,14,20,24,27,29-30H,7,10,13,15H2,1-5H3/b9-6+,12-11+,16-8+,17-14-/t20-,24+/m0/s1. The van der Waals surface area contributed by atoms with Gasteiger partial charge in [-0.1, -0.05) is 55.4 Å². The highest BCUT2D eigenvalue weighted by atomic mass is 16.6. The van der Waals surface area contributed by atoms with Gasteiger partial charge in [-0.3, -0.25) is 0 Å². The van der Waals surface area contributed by atoms with Crippen LogP contribution >= 0.6 is 0 Å². The fraction of sp³-hybridized carbons (Fsp3) is 0.462. The van der Waals surface area contributed by atoms with E-state index < -0.39 is 42.3 Å². The number of aliphatic hydroxyl groups is 3. The molecule has 180 valence electrons. The van der Waals surface area contributed by atoms with Crippen LogP contribution in [-0.2, 0) is 19.1 Å². The lowest BCUT2D eigenvalue weighted by Gasteiger charge is -2.32. The average Bonchev–Trinajstić information content (AvgIpc) is 2.98. The van der Waals surface area contributed by atoms with E-state index in [-0.39, 0.29) is 5.41 Å². The summed E-state index contributed by atoms with van der Waals surface area (Å²) in [5.74, 6) is -3.58. The largest absolute Gasteiger partial charge is 0.505 e. The molecule has 0 aromatic carbocycles. The molecule has 2 aliphatic rings. The third kappa shape index (κ3) is 7.22. The minimum atomic E-state index is -1.50. The topological polar surface area (TPSA) is 113 Å². The van der Waals surface area contributed by atoms with Crippen LogP contribution in [0.1, 0.15) is 53.9 Å². The van der Waals surface area contributed by atoms with Crippen molar-refractivity contribution in [3.8, 4) is 0 Å². The van der Waals surface area contributed by atoms with Crippen molar-refractivity contribution in [2.24, 2.45) is 5.41 Å². The number of rotatable bonds is 8. The van der Waals surface area contributed by atoms with E-state index in [0.717, 1.165) is 12.0 Å². The molecule has 1 aliphatic heterocycles. The van der Waals surface area contributed by atoms with E-state index in [4.69, 9.17) is 4.74 Å². The summed E-state index contributed by atoms with van der Waals surface area (Å²) in [7, 11) is 0. The van der Waals surface area contributed by atoms with Crippen LogP contribution in [0.15, 0.2) is 70.3 Å². The van der Waals surface area contributed by atoms with E-state index in [1.54, 1.807) is 13.0 Å². The lowest BCUT2D eigenvalue weighted by atomic mass is 9.72. The molecule has 3 N–H and O–H groups in total. The van der Waals surface area contributed by atoms with Crippen molar-refractivity contribution in [3.63, 3.8) is 0 Å². The van der Waals surface area contributed by atoms with Gasteiger partial charge < -0.3 is 24.8 Å². The van der Waals surface area contributed by atoms with Crippen LogP contribution in [0.5, 0.6) is 0 Å². The van der Waals surface area contributed by atoms with Crippen molar-refractivity contribution in [1.29, 1.82) is 0 Å². The van der Waals surface area contributed by atoms with E-state index in [2.05, 4.69) is 37.7 Å². The minimum Gasteiger partial charge on any atom is -0.505 e. The molecule has 1 aliphatic carbocycles. The molecule has 0 amide bonds. The van der Waals surface area contributed by atoms with Crippen molar-refractivity contribution in [2.45, 2.75) is 66.1 Å². The molecule has 0 bridgehead atoms. The number of cyclic esters (lactones) is 1. The van der Waals surface area contributed by atoms with E-state index in [0.29, 0.717) is 5.57 Å². The Labute approximate surface area is 195 Å². The van der Waals surface area contributed by atoms with Gasteiger partial charge in [0.15, 0.2) is 11.9 Å². The number of esters is 2. The van der Waals surface area contributed by atoms with Crippen LogP contribution in [-0.4, -0.2) is 46.1 Å². The maximum absolute atomic E-state index is 11.9. The zero-order valence-electron chi connectivity index (χ0n) is 19.9. The van der Waals surface area contributed by atoms with Gasteiger partial charge in [0.05, 0.1) is 0 Å². The molecule has 2 atom stereocenters. The molecule has 0 saturated heterocycles. The van der Waals surface area contributed by atoms with Crippen LogP contribution in [0.3, 0.4) is 0 Å². The van der Waals surface area contributed by atoms with E-state index in [9.17, 15) is 24.9 Å². The summed E-state index contributed by atoms with van der Waals surface area (Å²) in [6, 6.07) is 0. The van der Waals surface area contributed by atoms with E-state index in [1.807, 2.05) is 19.1 Å². The molecule has 7 nitrogen and oxygen atoms in total. The summed E-state index contributed by atoms with van der Waals surface area (Å²) in [4.78, 5) is 23.1. The first-order chi connectivity index (χ1) is 15.4. The third-order valence-corrected chi connectivity index (χ3v) is 5.80. The molecule has 7 heteroatoms. The van der Waals surface area contributed by atoms with Crippen molar-refractivity contribution in [1.82, 2.24) is 0 Å². The van der Waals surface area contributed by atoms with Gasteiger partial charge in [0, 0.05) is 6.08 Å². The van der Waals surface area contributed by atoms with Crippen LogP contribution in [0, 0.1) is 5.41 Å². The average molecular weight is 459 g/mol. The molecule has 2 rings (SSSR count). The summed E-state index contributed by atoms with van der Waals surface area (Å²) in [5.41, 5.74) is 4.76. The Balaban J connectivity index is 1.88. The second kappa shape index (κ2) is 11.2. The smallest absolute Gasteiger partial charge is 0.377 e. The summed E-state index contributed by atoms with van der Waals surface area (Å²) >= 11 is 0.